The van der Waals surface area contributed by atoms with E-state index in [-0.39, 0.29) is 5.41 Å². The zero-order valence-corrected chi connectivity index (χ0v) is 18.6. The molecule has 0 aliphatic heterocycles. The van der Waals surface area contributed by atoms with Gasteiger partial charge in [-0.25, -0.2) is 0 Å². The van der Waals surface area contributed by atoms with Gasteiger partial charge >= 0.3 is 0 Å². The third-order valence-electron chi connectivity index (χ3n) is 7.50. The first-order valence-corrected chi connectivity index (χ1v) is 11.5. The molecule has 3 nitrogen and oxygen atoms in total. The summed E-state index contributed by atoms with van der Waals surface area (Å²) in [4.78, 5) is 0. The zero-order chi connectivity index (χ0) is 21.2. The van der Waals surface area contributed by atoms with Gasteiger partial charge in [-0.2, -0.15) is 0 Å². The van der Waals surface area contributed by atoms with Crippen molar-refractivity contribution in [2.24, 2.45) is 11.3 Å². The van der Waals surface area contributed by atoms with Crippen molar-refractivity contribution in [3.63, 3.8) is 0 Å². The first-order valence-electron chi connectivity index (χ1n) is 11.5. The topological polar surface area (TPSA) is 60.7 Å². The van der Waals surface area contributed by atoms with Crippen molar-refractivity contribution in [1.29, 1.82) is 0 Å². The molecular weight excluding hydrogens is 360 g/mol. The van der Waals surface area contributed by atoms with Gasteiger partial charge in [0.05, 0.1) is 17.8 Å². The number of fused-ring (bicyclic) bond motifs is 1. The summed E-state index contributed by atoms with van der Waals surface area (Å²) in [5.74, 6) is 0.613. The first-order chi connectivity index (χ1) is 13.6. The standard InChI is InChI=1S/C26H40O3/c1-18-23(27)16-19(17-24(18)28)10-11-20-8-7-15-26(4)21(12-13-22(20)26)9-5-6-14-25(2,3)29/h9-11,22-24,27-29H,1,5-8,12-17H2,2-4H3/t22-,23+,24+,26+/m0/s1. The number of aliphatic hydroxyl groups is 3. The van der Waals surface area contributed by atoms with Crippen molar-refractivity contribution >= 4 is 0 Å². The van der Waals surface area contributed by atoms with Gasteiger partial charge in [0.25, 0.3) is 0 Å². The number of rotatable bonds is 5. The smallest absolute Gasteiger partial charge is 0.0809 e. The molecule has 3 aliphatic carbocycles. The van der Waals surface area contributed by atoms with Crippen LogP contribution in [0.5, 0.6) is 0 Å². The molecule has 0 bridgehead atoms. The van der Waals surface area contributed by atoms with Crippen molar-refractivity contribution < 1.29 is 15.3 Å². The average Bonchev–Trinajstić information content (AvgIpc) is 2.97. The minimum Gasteiger partial charge on any atom is -0.390 e. The van der Waals surface area contributed by atoms with Crippen LogP contribution in [0.15, 0.2) is 47.1 Å². The Bertz CT molecular complexity index is 690. The summed E-state index contributed by atoms with van der Waals surface area (Å²) in [5.41, 5.74) is 4.54. The van der Waals surface area contributed by atoms with Crippen LogP contribution in [0.25, 0.3) is 0 Å². The van der Waals surface area contributed by atoms with E-state index in [2.05, 4.69) is 31.7 Å². The molecule has 162 valence electrons. The second-order valence-electron chi connectivity index (χ2n) is 10.4. The molecule has 0 amide bonds. The maximum absolute atomic E-state index is 10.1. The van der Waals surface area contributed by atoms with Crippen LogP contribution in [-0.4, -0.2) is 33.1 Å². The van der Waals surface area contributed by atoms with Crippen molar-refractivity contribution in [3.05, 3.63) is 47.1 Å². The lowest BCUT2D eigenvalue weighted by Crippen LogP contribution is -2.29. The maximum Gasteiger partial charge on any atom is 0.0809 e. The summed E-state index contributed by atoms with van der Waals surface area (Å²) in [5, 5.41) is 30.1. The number of aliphatic hydroxyl groups excluding tert-OH is 2. The fraction of sp³-hybridized carbons (Fsp3) is 0.692. The molecule has 0 saturated heterocycles. The van der Waals surface area contributed by atoms with Crippen molar-refractivity contribution in [2.45, 2.75) is 103 Å². The van der Waals surface area contributed by atoms with Gasteiger partial charge in [-0.05, 0) is 95.0 Å². The average molecular weight is 401 g/mol. The van der Waals surface area contributed by atoms with Crippen molar-refractivity contribution in [1.82, 2.24) is 0 Å². The second kappa shape index (κ2) is 8.91. The minimum atomic E-state index is -0.620. The van der Waals surface area contributed by atoms with Crippen LogP contribution in [0.4, 0.5) is 0 Å². The minimum absolute atomic E-state index is 0.275. The van der Waals surface area contributed by atoms with Gasteiger partial charge in [0.2, 0.25) is 0 Å². The monoisotopic (exact) mass is 400 g/mol. The van der Waals surface area contributed by atoms with Gasteiger partial charge in [0.15, 0.2) is 0 Å². The largest absolute Gasteiger partial charge is 0.390 e. The quantitative estimate of drug-likeness (QED) is 0.429. The molecule has 0 heterocycles. The molecule has 0 aromatic heterocycles. The van der Waals surface area contributed by atoms with E-state index in [0.29, 0.717) is 24.3 Å². The van der Waals surface area contributed by atoms with Crippen LogP contribution in [0, 0.1) is 11.3 Å². The molecular formula is C26H40O3. The predicted octanol–water partition coefficient (Wildman–Crippen LogP) is 5.38. The Morgan fingerprint density at radius 1 is 1.14 bits per heavy atom. The van der Waals surface area contributed by atoms with Gasteiger partial charge < -0.3 is 15.3 Å². The highest BCUT2D eigenvalue weighted by Gasteiger charge is 2.45. The Morgan fingerprint density at radius 3 is 2.48 bits per heavy atom. The number of unbranched alkanes of at least 4 members (excludes halogenated alkanes) is 1. The number of hydrogen-bond acceptors (Lipinski definition) is 3. The van der Waals surface area contributed by atoms with Crippen molar-refractivity contribution in [2.75, 3.05) is 0 Å². The third kappa shape index (κ3) is 5.31. The molecule has 3 aliphatic rings. The van der Waals surface area contributed by atoms with Gasteiger partial charge in [0, 0.05) is 0 Å². The molecule has 3 N–H and O–H groups in total. The lowest BCUT2D eigenvalue weighted by atomic mass is 9.65. The van der Waals surface area contributed by atoms with E-state index >= 15 is 0 Å². The zero-order valence-electron chi connectivity index (χ0n) is 18.6. The second-order valence-corrected chi connectivity index (χ2v) is 10.4. The Kier molecular flexibility index (Phi) is 6.92. The summed E-state index contributed by atoms with van der Waals surface area (Å²) >= 11 is 0. The first kappa shape index (κ1) is 22.5. The highest BCUT2D eigenvalue weighted by Crippen LogP contribution is 2.57. The Balaban J connectivity index is 1.69. The Morgan fingerprint density at radius 2 is 1.83 bits per heavy atom. The highest BCUT2D eigenvalue weighted by atomic mass is 16.3. The van der Waals surface area contributed by atoms with E-state index in [1.54, 1.807) is 11.1 Å². The van der Waals surface area contributed by atoms with E-state index in [4.69, 9.17) is 0 Å². The fourth-order valence-corrected chi connectivity index (χ4v) is 5.66. The van der Waals surface area contributed by atoms with E-state index in [1.807, 2.05) is 13.8 Å². The lowest BCUT2D eigenvalue weighted by molar-refractivity contribution is 0.0691. The number of allylic oxidation sites excluding steroid dienone is 5. The fourth-order valence-electron chi connectivity index (χ4n) is 5.66. The van der Waals surface area contributed by atoms with E-state index in [0.717, 1.165) is 31.3 Å². The predicted molar refractivity (Wildman–Crippen MR) is 119 cm³/mol. The van der Waals surface area contributed by atoms with Crippen LogP contribution >= 0.6 is 0 Å². The van der Waals surface area contributed by atoms with Gasteiger partial charge in [-0.3, -0.25) is 0 Å². The van der Waals surface area contributed by atoms with Crippen LogP contribution in [-0.2, 0) is 0 Å². The lowest BCUT2D eigenvalue weighted by Gasteiger charge is -2.39. The molecule has 29 heavy (non-hydrogen) atoms. The highest BCUT2D eigenvalue weighted by molar-refractivity contribution is 5.33. The SMILES string of the molecule is C=C1[C@H](O)CC(=CC=C2CCC[C@]3(C)C(=CCCCC(C)(C)O)CC[C@@H]23)C[C@H]1O. The summed E-state index contributed by atoms with van der Waals surface area (Å²) in [6.45, 7) is 10.0. The molecule has 0 aromatic rings. The van der Waals surface area contributed by atoms with Gasteiger partial charge in [0.1, 0.15) is 0 Å². The van der Waals surface area contributed by atoms with Crippen LogP contribution in [0.1, 0.15) is 85.0 Å². The van der Waals surface area contributed by atoms with Crippen LogP contribution in [0.3, 0.4) is 0 Å². The van der Waals surface area contributed by atoms with E-state index in [9.17, 15) is 15.3 Å². The Hall–Kier alpha value is -1.16. The Labute approximate surface area is 176 Å². The summed E-state index contributed by atoms with van der Waals surface area (Å²) in [6.07, 6.45) is 15.9. The molecule has 0 radical (unpaired) electrons. The molecule has 3 rings (SSSR count). The normalized spacial score (nSPS) is 36.0. The van der Waals surface area contributed by atoms with Crippen LogP contribution in [0.2, 0.25) is 0 Å². The molecule has 3 heteroatoms. The summed E-state index contributed by atoms with van der Waals surface area (Å²) in [7, 11) is 0. The molecule has 3 fully saturated rings. The molecule has 0 unspecified atom stereocenters. The maximum atomic E-state index is 10.1. The van der Waals surface area contributed by atoms with Gasteiger partial charge in [-0.1, -0.05) is 48.5 Å². The van der Waals surface area contributed by atoms with E-state index < -0.39 is 17.8 Å². The molecule has 0 aromatic carbocycles. The van der Waals surface area contributed by atoms with E-state index in [1.165, 1.54) is 25.7 Å². The summed E-state index contributed by atoms with van der Waals surface area (Å²) in [6, 6.07) is 0. The summed E-state index contributed by atoms with van der Waals surface area (Å²) < 4.78 is 0. The van der Waals surface area contributed by atoms with Gasteiger partial charge in [-0.15, -0.1) is 0 Å². The molecule has 4 atom stereocenters. The molecule has 3 saturated carbocycles. The number of hydrogen-bond donors (Lipinski definition) is 3. The molecule has 0 spiro atoms. The third-order valence-corrected chi connectivity index (χ3v) is 7.50. The van der Waals surface area contributed by atoms with Crippen LogP contribution < -0.4 is 0 Å². The van der Waals surface area contributed by atoms with Crippen molar-refractivity contribution in [3.8, 4) is 0 Å².